The van der Waals surface area contributed by atoms with Crippen LogP contribution in [0.2, 0.25) is 0 Å². The number of amides is 2. The van der Waals surface area contributed by atoms with Gasteiger partial charge in [-0.3, -0.25) is 9.59 Å². The van der Waals surface area contributed by atoms with Gasteiger partial charge < -0.3 is 14.7 Å². The van der Waals surface area contributed by atoms with Crippen LogP contribution >= 0.6 is 0 Å². The summed E-state index contributed by atoms with van der Waals surface area (Å²) in [6, 6.07) is 0.669. The molecular weight excluding hydrogens is 350 g/mol. The van der Waals surface area contributed by atoms with Crippen molar-refractivity contribution in [2.45, 2.75) is 72.3 Å². The van der Waals surface area contributed by atoms with Gasteiger partial charge in [0.05, 0.1) is 0 Å². The van der Waals surface area contributed by atoms with E-state index in [0.717, 1.165) is 63.7 Å². The number of hydrogen-bond donors (Lipinski definition) is 0. The highest BCUT2D eigenvalue weighted by molar-refractivity contribution is 5.81. The highest BCUT2D eigenvalue weighted by atomic mass is 16.2. The first-order valence-electron chi connectivity index (χ1n) is 11.7. The fourth-order valence-corrected chi connectivity index (χ4v) is 5.37. The van der Waals surface area contributed by atoms with Gasteiger partial charge in [0.15, 0.2) is 0 Å². The van der Waals surface area contributed by atoms with Crippen LogP contribution in [0.15, 0.2) is 0 Å². The molecule has 3 heterocycles. The molecule has 0 atom stereocenters. The third kappa shape index (κ3) is 5.08. The smallest absolute Gasteiger partial charge is 0.225 e. The number of likely N-dealkylation sites (tertiary alicyclic amines) is 3. The molecule has 0 aromatic carbocycles. The zero-order valence-electron chi connectivity index (χ0n) is 18.5. The Kier molecular flexibility index (Phi) is 7.41. The molecular formula is C23H41N3O2. The SMILES string of the molecule is CC(C)C(=O)N1CCC(C(=O)N2CCC(N3CCC(C(C)C)CC3)CC2)CC1. The predicted octanol–water partition coefficient (Wildman–Crippen LogP) is 3.24. The van der Waals surface area contributed by atoms with E-state index in [4.69, 9.17) is 0 Å². The van der Waals surface area contributed by atoms with Crippen LogP contribution in [0.5, 0.6) is 0 Å². The summed E-state index contributed by atoms with van der Waals surface area (Å²) in [6.07, 6.45) is 6.60. The van der Waals surface area contributed by atoms with E-state index in [1.807, 2.05) is 18.7 Å². The molecule has 5 nitrogen and oxygen atoms in total. The molecule has 0 unspecified atom stereocenters. The maximum atomic E-state index is 13.0. The van der Waals surface area contributed by atoms with Crippen LogP contribution in [-0.2, 0) is 9.59 Å². The predicted molar refractivity (Wildman–Crippen MR) is 113 cm³/mol. The van der Waals surface area contributed by atoms with E-state index in [1.54, 1.807) is 0 Å². The molecule has 0 aliphatic carbocycles. The van der Waals surface area contributed by atoms with Crippen LogP contribution < -0.4 is 0 Å². The molecule has 0 saturated carbocycles. The van der Waals surface area contributed by atoms with E-state index in [-0.39, 0.29) is 17.7 Å². The van der Waals surface area contributed by atoms with Crippen molar-refractivity contribution in [1.82, 2.24) is 14.7 Å². The van der Waals surface area contributed by atoms with Crippen molar-refractivity contribution in [1.29, 1.82) is 0 Å². The largest absolute Gasteiger partial charge is 0.342 e. The van der Waals surface area contributed by atoms with Crippen LogP contribution in [0.3, 0.4) is 0 Å². The Morgan fingerprint density at radius 3 is 1.75 bits per heavy atom. The lowest BCUT2D eigenvalue weighted by Gasteiger charge is -2.43. The molecule has 0 radical (unpaired) electrons. The monoisotopic (exact) mass is 391 g/mol. The molecule has 160 valence electrons. The van der Waals surface area contributed by atoms with Gasteiger partial charge in [0.25, 0.3) is 0 Å². The van der Waals surface area contributed by atoms with E-state index < -0.39 is 0 Å². The molecule has 0 spiro atoms. The zero-order chi connectivity index (χ0) is 20.3. The maximum absolute atomic E-state index is 13.0. The molecule has 28 heavy (non-hydrogen) atoms. The first-order chi connectivity index (χ1) is 13.4. The summed E-state index contributed by atoms with van der Waals surface area (Å²) in [6.45, 7) is 14.4. The summed E-state index contributed by atoms with van der Waals surface area (Å²) in [5.74, 6) is 2.45. The number of carbonyl (C=O) groups excluding carboxylic acids is 2. The highest BCUT2D eigenvalue weighted by Gasteiger charge is 2.34. The second kappa shape index (κ2) is 9.60. The Bertz CT molecular complexity index is 524. The Labute approximate surface area is 171 Å². The van der Waals surface area contributed by atoms with Crippen LogP contribution in [0.1, 0.15) is 66.2 Å². The summed E-state index contributed by atoms with van der Waals surface area (Å²) in [5.41, 5.74) is 0. The van der Waals surface area contributed by atoms with Crippen molar-refractivity contribution >= 4 is 11.8 Å². The number of rotatable bonds is 4. The molecule has 3 rings (SSSR count). The minimum absolute atomic E-state index is 0.0527. The van der Waals surface area contributed by atoms with Gasteiger partial charge in [0.2, 0.25) is 11.8 Å². The number of hydrogen-bond acceptors (Lipinski definition) is 3. The van der Waals surface area contributed by atoms with Crippen LogP contribution in [-0.4, -0.2) is 71.8 Å². The van der Waals surface area contributed by atoms with Crippen molar-refractivity contribution < 1.29 is 9.59 Å². The van der Waals surface area contributed by atoms with E-state index in [0.29, 0.717) is 11.9 Å². The van der Waals surface area contributed by atoms with Gasteiger partial charge in [0, 0.05) is 44.1 Å². The first-order valence-corrected chi connectivity index (χ1v) is 11.7. The molecule has 3 fully saturated rings. The van der Waals surface area contributed by atoms with Crippen molar-refractivity contribution in [2.24, 2.45) is 23.7 Å². The molecule has 0 bridgehead atoms. The summed E-state index contributed by atoms with van der Waals surface area (Å²) >= 11 is 0. The van der Waals surface area contributed by atoms with Crippen LogP contribution in [0.25, 0.3) is 0 Å². The molecule has 3 saturated heterocycles. The van der Waals surface area contributed by atoms with Crippen molar-refractivity contribution in [3.05, 3.63) is 0 Å². The number of nitrogens with zero attached hydrogens (tertiary/aromatic N) is 3. The normalized spacial score (nSPS) is 24.4. The maximum Gasteiger partial charge on any atom is 0.225 e. The minimum atomic E-state index is 0.0527. The molecule has 5 heteroatoms. The lowest BCUT2D eigenvalue weighted by molar-refractivity contribution is -0.143. The van der Waals surface area contributed by atoms with Gasteiger partial charge in [-0.1, -0.05) is 27.7 Å². The van der Waals surface area contributed by atoms with Gasteiger partial charge in [-0.25, -0.2) is 0 Å². The molecule has 0 aromatic heterocycles. The Balaban J connectivity index is 1.40. The number of carbonyl (C=O) groups is 2. The zero-order valence-corrected chi connectivity index (χ0v) is 18.5. The third-order valence-corrected chi connectivity index (χ3v) is 7.46. The molecule has 3 aliphatic heterocycles. The average molecular weight is 392 g/mol. The second-order valence-electron chi connectivity index (χ2n) is 9.93. The Morgan fingerprint density at radius 1 is 0.714 bits per heavy atom. The highest BCUT2D eigenvalue weighted by Crippen LogP contribution is 2.29. The Morgan fingerprint density at radius 2 is 1.25 bits per heavy atom. The Hall–Kier alpha value is -1.10. The fraction of sp³-hybridized carbons (Fsp3) is 0.913. The number of piperidine rings is 3. The van der Waals surface area contributed by atoms with Crippen molar-refractivity contribution in [2.75, 3.05) is 39.3 Å². The fourth-order valence-electron chi connectivity index (χ4n) is 5.37. The summed E-state index contributed by atoms with van der Waals surface area (Å²) < 4.78 is 0. The summed E-state index contributed by atoms with van der Waals surface area (Å²) in [7, 11) is 0. The molecule has 0 aromatic rings. The lowest BCUT2D eigenvalue weighted by Crippen LogP contribution is -2.51. The van der Waals surface area contributed by atoms with Crippen molar-refractivity contribution in [3.8, 4) is 0 Å². The summed E-state index contributed by atoms with van der Waals surface area (Å²) in [5, 5.41) is 0. The average Bonchev–Trinajstić information content (AvgIpc) is 2.73. The van der Waals surface area contributed by atoms with Gasteiger partial charge in [0.1, 0.15) is 0 Å². The van der Waals surface area contributed by atoms with E-state index in [9.17, 15) is 9.59 Å². The van der Waals surface area contributed by atoms with Gasteiger partial charge in [-0.05, 0) is 63.5 Å². The molecule has 2 amide bonds. The minimum Gasteiger partial charge on any atom is -0.342 e. The third-order valence-electron chi connectivity index (χ3n) is 7.46. The van der Waals surface area contributed by atoms with Crippen LogP contribution in [0.4, 0.5) is 0 Å². The van der Waals surface area contributed by atoms with E-state index in [2.05, 4.69) is 23.6 Å². The van der Waals surface area contributed by atoms with Crippen LogP contribution in [0, 0.1) is 23.7 Å². The molecule has 3 aliphatic rings. The standard InChI is InChI=1S/C23H41N3O2/c1-17(2)19-5-11-24(12-6-19)21-9-15-26(16-10-21)23(28)20-7-13-25(14-8-20)22(27)18(3)4/h17-21H,5-16H2,1-4H3. The van der Waals surface area contributed by atoms with E-state index >= 15 is 0 Å². The lowest BCUT2D eigenvalue weighted by atomic mass is 9.85. The van der Waals surface area contributed by atoms with Gasteiger partial charge in [-0.15, -0.1) is 0 Å². The van der Waals surface area contributed by atoms with Crippen molar-refractivity contribution in [3.63, 3.8) is 0 Å². The molecule has 0 N–H and O–H groups in total. The van der Waals surface area contributed by atoms with Gasteiger partial charge >= 0.3 is 0 Å². The topological polar surface area (TPSA) is 43.9 Å². The first kappa shape index (κ1) is 21.6. The quantitative estimate of drug-likeness (QED) is 0.739. The van der Waals surface area contributed by atoms with E-state index in [1.165, 1.54) is 25.9 Å². The summed E-state index contributed by atoms with van der Waals surface area (Å²) in [4.78, 5) is 31.9. The second-order valence-corrected chi connectivity index (χ2v) is 9.93. The van der Waals surface area contributed by atoms with Gasteiger partial charge in [-0.2, -0.15) is 0 Å².